The molecule has 0 amide bonds. The molecule has 21 heavy (non-hydrogen) atoms. The van der Waals surface area contributed by atoms with E-state index in [0.29, 0.717) is 0 Å². The summed E-state index contributed by atoms with van der Waals surface area (Å²) in [6.45, 7) is 0.696. The van der Waals surface area contributed by atoms with Gasteiger partial charge in [-0.05, 0) is 19.1 Å². The second-order valence-electron chi connectivity index (χ2n) is 4.45. The third-order valence-electron chi connectivity index (χ3n) is 2.70. The van der Waals surface area contributed by atoms with Crippen LogP contribution in [0.1, 0.15) is 6.92 Å². The highest BCUT2D eigenvalue weighted by Gasteiger charge is 2.39. The lowest BCUT2D eigenvalue weighted by atomic mass is 10.1. The van der Waals surface area contributed by atoms with Crippen LogP contribution in [0, 0.1) is 5.82 Å². The summed E-state index contributed by atoms with van der Waals surface area (Å²) in [4.78, 5) is 10.5. The zero-order valence-corrected chi connectivity index (χ0v) is 12.5. The molecule has 0 aromatic heterocycles. The number of hydrogen-bond donors (Lipinski definition) is 2. The van der Waals surface area contributed by atoms with Gasteiger partial charge < -0.3 is 14.6 Å². The number of aliphatic carboxylic acids is 1. The van der Waals surface area contributed by atoms with E-state index in [4.69, 9.17) is 14.6 Å². The van der Waals surface area contributed by atoms with Gasteiger partial charge in [0.25, 0.3) is 0 Å². The molecule has 1 rings (SSSR count). The highest BCUT2D eigenvalue weighted by atomic mass is 32.2. The maximum atomic E-state index is 14.0. The fourth-order valence-corrected chi connectivity index (χ4v) is 3.07. The number of ether oxygens (including phenoxy) is 2. The van der Waals surface area contributed by atoms with Crippen LogP contribution in [0.15, 0.2) is 23.1 Å². The summed E-state index contributed by atoms with van der Waals surface area (Å²) in [5, 5.41) is 9.12. The summed E-state index contributed by atoms with van der Waals surface area (Å²) in [6.07, 6.45) is 0. The Morgan fingerprint density at radius 1 is 1.43 bits per heavy atom. The molecule has 1 aromatic rings. The minimum atomic E-state index is -4.41. The van der Waals surface area contributed by atoms with E-state index in [0.717, 1.165) is 13.0 Å². The van der Waals surface area contributed by atoms with Crippen molar-refractivity contribution < 1.29 is 32.2 Å². The molecule has 0 fully saturated rings. The molecule has 0 aliphatic rings. The van der Waals surface area contributed by atoms with Gasteiger partial charge in [-0.3, -0.25) is 4.79 Å². The summed E-state index contributed by atoms with van der Waals surface area (Å²) in [6, 6.07) is 3.54. The van der Waals surface area contributed by atoms with Crippen LogP contribution < -0.4 is 9.46 Å². The highest BCUT2D eigenvalue weighted by molar-refractivity contribution is 7.89. The molecule has 0 spiro atoms. The lowest BCUT2D eigenvalue weighted by Gasteiger charge is -2.25. The number of sulfonamides is 1. The zero-order valence-electron chi connectivity index (χ0n) is 11.7. The molecule has 0 aliphatic carbocycles. The van der Waals surface area contributed by atoms with Crippen molar-refractivity contribution in [3.63, 3.8) is 0 Å². The first-order chi connectivity index (χ1) is 9.68. The van der Waals surface area contributed by atoms with Gasteiger partial charge >= 0.3 is 5.97 Å². The van der Waals surface area contributed by atoms with Gasteiger partial charge in [0.2, 0.25) is 10.0 Å². The van der Waals surface area contributed by atoms with Crippen LogP contribution in [0.3, 0.4) is 0 Å². The minimum Gasteiger partial charge on any atom is -0.494 e. The highest BCUT2D eigenvalue weighted by Crippen LogP contribution is 2.24. The first-order valence-electron chi connectivity index (χ1n) is 5.77. The zero-order chi connectivity index (χ0) is 16.3. The van der Waals surface area contributed by atoms with Crippen LogP contribution in [-0.4, -0.2) is 45.9 Å². The van der Waals surface area contributed by atoms with E-state index in [2.05, 4.69) is 0 Å². The largest absolute Gasteiger partial charge is 0.494 e. The van der Waals surface area contributed by atoms with Gasteiger partial charge in [-0.1, -0.05) is 6.07 Å². The number of carboxylic acids is 1. The molecule has 1 atom stereocenters. The molecule has 9 heteroatoms. The molecule has 1 unspecified atom stereocenters. The smallest absolute Gasteiger partial charge is 0.327 e. The maximum Gasteiger partial charge on any atom is 0.327 e. The van der Waals surface area contributed by atoms with Crippen molar-refractivity contribution in [2.24, 2.45) is 0 Å². The van der Waals surface area contributed by atoms with E-state index in [1.54, 1.807) is 0 Å². The number of carboxylic acid groups (broad SMARTS) is 1. The van der Waals surface area contributed by atoms with Crippen molar-refractivity contribution in [3.8, 4) is 5.75 Å². The van der Waals surface area contributed by atoms with Gasteiger partial charge in [-0.15, -0.1) is 0 Å². The molecule has 118 valence electrons. The third kappa shape index (κ3) is 3.69. The Labute approximate surface area is 121 Å². The normalized spacial score (nSPS) is 14.5. The Hall–Kier alpha value is -1.71. The van der Waals surface area contributed by atoms with Gasteiger partial charge in [-0.2, -0.15) is 4.72 Å². The summed E-state index contributed by atoms with van der Waals surface area (Å²) in [5.41, 5.74) is -1.93. The van der Waals surface area contributed by atoms with Crippen molar-refractivity contribution in [1.82, 2.24) is 4.72 Å². The summed E-state index contributed by atoms with van der Waals surface area (Å²) < 4.78 is 49.7. The molecule has 0 aliphatic heterocycles. The number of carbonyl (C=O) groups is 1. The average Bonchev–Trinajstić information content (AvgIpc) is 2.38. The minimum absolute atomic E-state index is 0.262. The van der Waals surface area contributed by atoms with E-state index < -0.39 is 38.9 Å². The Kier molecular flexibility index (Phi) is 5.26. The van der Waals surface area contributed by atoms with Gasteiger partial charge in [0.15, 0.2) is 17.1 Å². The van der Waals surface area contributed by atoms with E-state index in [1.165, 1.54) is 26.4 Å². The fourth-order valence-electron chi connectivity index (χ4n) is 1.63. The third-order valence-corrected chi connectivity index (χ3v) is 4.32. The van der Waals surface area contributed by atoms with Crippen molar-refractivity contribution in [2.75, 3.05) is 20.8 Å². The summed E-state index contributed by atoms with van der Waals surface area (Å²) in [7, 11) is -2.00. The van der Waals surface area contributed by atoms with E-state index in [-0.39, 0.29) is 5.75 Å². The van der Waals surface area contributed by atoms with E-state index in [1.807, 2.05) is 4.72 Å². The predicted molar refractivity (Wildman–Crippen MR) is 71.2 cm³/mol. The van der Waals surface area contributed by atoms with Crippen LogP contribution in [0.25, 0.3) is 0 Å². The molecule has 7 nitrogen and oxygen atoms in total. The van der Waals surface area contributed by atoms with Gasteiger partial charge in [0.1, 0.15) is 4.90 Å². The molecule has 0 radical (unpaired) electrons. The maximum absolute atomic E-state index is 14.0. The number of methoxy groups -OCH3 is 2. The van der Waals surface area contributed by atoms with Crippen LogP contribution in [0.5, 0.6) is 5.75 Å². The number of nitrogens with one attached hydrogen (secondary N) is 1. The standard InChI is InChI=1S/C12H16FNO6S/c1-12(7-19-2,11(15)16)14-21(17,18)9-6-4-5-8(20-3)10(9)13/h4-6,14H,7H2,1-3H3,(H,15,16). The Bertz CT molecular complexity index is 633. The Morgan fingerprint density at radius 3 is 2.52 bits per heavy atom. The topological polar surface area (TPSA) is 102 Å². The van der Waals surface area contributed by atoms with E-state index in [9.17, 15) is 17.6 Å². The number of rotatable bonds is 7. The Morgan fingerprint density at radius 2 is 2.05 bits per heavy atom. The summed E-state index contributed by atoms with van der Waals surface area (Å²) >= 11 is 0. The molecule has 0 saturated heterocycles. The van der Waals surface area contributed by atoms with Gasteiger partial charge in [0.05, 0.1) is 13.7 Å². The van der Waals surface area contributed by atoms with Crippen molar-refractivity contribution in [1.29, 1.82) is 0 Å². The van der Waals surface area contributed by atoms with E-state index >= 15 is 0 Å². The van der Waals surface area contributed by atoms with Crippen molar-refractivity contribution in [2.45, 2.75) is 17.4 Å². The molecule has 0 heterocycles. The van der Waals surface area contributed by atoms with Crippen molar-refractivity contribution >= 4 is 16.0 Å². The predicted octanol–water partition coefficient (Wildman–Crippen LogP) is 0.602. The lowest BCUT2D eigenvalue weighted by Crippen LogP contribution is -2.55. The molecule has 2 N–H and O–H groups in total. The fraction of sp³-hybridized carbons (Fsp3) is 0.417. The van der Waals surface area contributed by atoms with Crippen LogP contribution in [-0.2, 0) is 19.6 Å². The number of hydrogen-bond acceptors (Lipinski definition) is 5. The monoisotopic (exact) mass is 321 g/mol. The molecule has 1 aromatic carbocycles. The lowest BCUT2D eigenvalue weighted by molar-refractivity contribution is -0.145. The molecular formula is C12H16FNO6S. The second-order valence-corrected chi connectivity index (χ2v) is 6.10. The van der Waals surface area contributed by atoms with Gasteiger partial charge in [0, 0.05) is 7.11 Å². The SMILES string of the molecule is COCC(C)(NS(=O)(=O)c1cccc(OC)c1F)C(=O)O. The van der Waals surface area contributed by atoms with Crippen molar-refractivity contribution in [3.05, 3.63) is 24.0 Å². The molecular weight excluding hydrogens is 305 g/mol. The quantitative estimate of drug-likeness (QED) is 0.762. The Balaban J connectivity index is 3.26. The van der Waals surface area contributed by atoms with Crippen LogP contribution in [0.4, 0.5) is 4.39 Å². The van der Waals surface area contributed by atoms with Crippen LogP contribution in [0.2, 0.25) is 0 Å². The van der Waals surface area contributed by atoms with Gasteiger partial charge in [-0.25, -0.2) is 12.8 Å². The number of halogens is 1. The number of benzene rings is 1. The summed E-state index contributed by atoms with van der Waals surface area (Å²) in [5.74, 6) is -2.81. The molecule has 0 saturated carbocycles. The average molecular weight is 321 g/mol. The second kappa shape index (κ2) is 6.37. The first kappa shape index (κ1) is 17.3. The van der Waals surface area contributed by atoms with Crippen LogP contribution >= 0.6 is 0 Å². The molecule has 0 bridgehead atoms. The first-order valence-corrected chi connectivity index (χ1v) is 7.25.